The number of aryl methyl sites for hydroxylation is 1. The minimum Gasteiger partial charge on any atom is -0.342 e. The molecule has 3 fully saturated rings. The van der Waals surface area contributed by atoms with Crippen LogP contribution in [0.3, 0.4) is 0 Å². The molecular weight excluding hydrogens is 377 g/mol. The Morgan fingerprint density at radius 2 is 2.16 bits per heavy atom. The second kappa shape index (κ2) is 8.55. The monoisotopic (exact) mass is 405 g/mol. The molecule has 0 aromatic carbocycles. The van der Waals surface area contributed by atoms with E-state index in [1.807, 2.05) is 0 Å². The first-order chi connectivity index (χ1) is 11.2. The zero-order valence-electron chi connectivity index (χ0n) is 14.8. The number of hydrogen-bond donors (Lipinski definition) is 1. The number of rotatable bonds is 3. The zero-order chi connectivity index (χ0) is 15.9. The van der Waals surface area contributed by atoms with Crippen molar-refractivity contribution in [3.63, 3.8) is 0 Å². The normalized spacial score (nSPS) is 27.3. The van der Waals surface area contributed by atoms with E-state index < -0.39 is 0 Å². The van der Waals surface area contributed by atoms with Crippen LogP contribution in [0.15, 0.2) is 5.38 Å². The second-order valence-corrected chi connectivity index (χ2v) is 8.41. The maximum atomic E-state index is 13.0. The van der Waals surface area contributed by atoms with Gasteiger partial charge in [-0.3, -0.25) is 4.79 Å². The molecule has 1 aliphatic carbocycles. The summed E-state index contributed by atoms with van der Waals surface area (Å²) in [5.41, 5.74) is 1.55. The summed E-state index contributed by atoms with van der Waals surface area (Å²) in [5.74, 6) is 1.20. The van der Waals surface area contributed by atoms with Crippen LogP contribution in [0.5, 0.6) is 0 Å². The lowest BCUT2D eigenvalue weighted by atomic mass is 9.91. The minimum atomic E-state index is 0. The van der Waals surface area contributed by atoms with Gasteiger partial charge in [-0.15, -0.1) is 36.2 Å². The number of thiazole rings is 1. The molecule has 25 heavy (non-hydrogen) atoms. The molecule has 3 aliphatic rings. The summed E-state index contributed by atoms with van der Waals surface area (Å²) in [6, 6.07) is 0. The summed E-state index contributed by atoms with van der Waals surface area (Å²) < 4.78 is 0. The molecule has 3 heterocycles. The number of aromatic nitrogens is 1. The number of nitrogens with zero attached hydrogens (tertiary/aromatic N) is 2. The molecule has 4 rings (SSSR count). The Kier molecular flexibility index (Phi) is 7.17. The molecule has 2 saturated heterocycles. The van der Waals surface area contributed by atoms with Crippen LogP contribution in [-0.4, -0.2) is 42.0 Å². The average Bonchev–Trinajstić information content (AvgIpc) is 3.08. The lowest BCUT2D eigenvalue weighted by Crippen LogP contribution is -2.41. The molecule has 1 aromatic heterocycles. The molecule has 2 unspecified atom stereocenters. The van der Waals surface area contributed by atoms with Crippen LogP contribution in [0.2, 0.25) is 0 Å². The Labute approximate surface area is 167 Å². The van der Waals surface area contributed by atoms with Crippen LogP contribution in [-0.2, 0) is 11.2 Å². The maximum absolute atomic E-state index is 13.0. The first kappa shape index (κ1) is 20.9. The van der Waals surface area contributed by atoms with E-state index >= 15 is 0 Å². The van der Waals surface area contributed by atoms with Gasteiger partial charge in [-0.2, -0.15) is 0 Å². The molecule has 7 heteroatoms. The molecule has 1 spiro atoms. The van der Waals surface area contributed by atoms with Gasteiger partial charge in [-0.1, -0.05) is 6.92 Å². The van der Waals surface area contributed by atoms with Crippen LogP contribution in [0, 0.1) is 11.3 Å². The van der Waals surface area contributed by atoms with E-state index in [1.54, 1.807) is 11.3 Å². The Hall–Kier alpha value is -0.360. The van der Waals surface area contributed by atoms with Crippen molar-refractivity contribution in [1.82, 2.24) is 15.2 Å². The predicted octanol–water partition coefficient (Wildman–Crippen LogP) is 3.64. The quantitative estimate of drug-likeness (QED) is 0.834. The SMILES string of the molecule is CCc1csc(C2CCCN(C(=O)C3CC34CCNCC4)C2)n1.Cl.Cl. The second-order valence-electron chi connectivity index (χ2n) is 7.52. The Morgan fingerprint density at radius 3 is 2.84 bits per heavy atom. The minimum absolute atomic E-state index is 0. The number of hydrogen-bond acceptors (Lipinski definition) is 4. The highest BCUT2D eigenvalue weighted by Crippen LogP contribution is 2.59. The summed E-state index contributed by atoms with van der Waals surface area (Å²) in [7, 11) is 0. The van der Waals surface area contributed by atoms with Crippen LogP contribution < -0.4 is 5.32 Å². The van der Waals surface area contributed by atoms with Crippen LogP contribution >= 0.6 is 36.2 Å². The predicted molar refractivity (Wildman–Crippen MR) is 107 cm³/mol. The largest absolute Gasteiger partial charge is 0.342 e. The summed E-state index contributed by atoms with van der Waals surface area (Å²) >= 11 is 1.78. The van der Waals surface area contributed by atoms with Crippen molar-refractivity contribution in [1.29, 1.82) is 0 Å². The zero-order valence-corrected chi connectivity index (χ0v) is 17.3. The Morgan fingerprint density at radius 1 is 1.40 bits per heavy atom. The molecule has 1 amide bonds. The van der Waals surface area contributed by atoms with Gasteiger partial charge in [0, 0.05) is 30.3 Å². The van der Waals surface area contributed by atoms with Crippen molar-refractivity contribution >= 4 is 42.1 Å². The summed E-state index contributed by atoms with van der Waals surface area (Å²) in [6.07, 6.45) is 6.81. The molecule has 142 valence electrons. The van der Waals surface area contributed by atoms with Crippen molar-refractivity contribution in [3.05, 3.63) is 16.1 Å². The maximum Gasteiger partial charge on any atom is 0.226 e. The highest BCUT2D eigenvalue weighted by atomic mass is 35.5. The fourth-order valence-corrected chi connectivity index (χ4v) is 5.48. The molecule has 2 aliphatic heterocycles. The van der Waals surface area contributed by atoms with Gasteiger partial charge >= 0.3 is 0 Å². The number of piperidine rings is 2. The van der Waals surface area contributed by atoms with E-state index in [2.05, 4.69) is 22.5 Å². The third-order valence-corrected chi connectivity index (χ3v) is 7.16. The van der Waals surface area contributed by atoms with Gasteiger partial charge in [0.15, 0.2) is 0 Å². The van der Waals surface area contributed by atoms with Crippen molar-refractivity contribution in [2.45, 2.75) is 51.4 Å². The van der Waals surface area contributed by atoms with Gasteiger partial charge < -0.3 is 10.2 Å². The van der Waals surface area contributed by atoms with Gasteiger partial charge in [0.25, 0.3) is 0 Å². The van der Waals surface area contributed by atoms with Crippen molar-refractivity contribution in [2.75, 3.05) is 26.2 Å². The molecule has 0 bridgehead atoms. The number of carbonyl (C=O) groups excluding carboxylic acids is 1. The third-order valence-electron chi connectivity index (χ3n) is 6.10. The molecule has 1 aromatic rings. The molecule has 2 atom stereocenters. The average molecular weight is 406 g/mol. The Balaban J connectivity index is 0.00000113. The molecular formula is C18H29Cl2N3OS. The fraction of sp³-hybridized carbons (Fsp3) is 0.778. The number of halogens is 2. The van der Waals surface area contributed by atoms with E-state index in [4.69, 9.17) is 4.98 Å². The number of nitrogens with one attached hydrogen (secondary N) is 1. The van der Waals surface area contributed by atoms with Crippen LogP contribution in [0.25, 0.3) is 0 Å². The topological polar surface area (TPSA) is 45.2 Å². The fourth-order valence-electron chi connectivity index (χ4n) is 4.45. The summed E-state index contributed by atoms with van der Waals surface area (Å²) in [6.45, 7) is 6.17. The molecule has 1 saturated carbocycles. The van der Waals surface area contributed by atoms with E-state index in [1.165, 1.54) is 30.0 Å². The van der Waals surface area contributed by atoms with Gasteiger partial charge in [0.1, 0.15) is 0 Å². The smallest absolute Gasteiger partial charge is 0.226 e. The lowest BCUT2D eigenvalue weighted by molar-refractivity contribution is -0.134. The highest BCUT2D eigenvalue weighted by Gasteiger charge is 2.58. The molecule has 4 nitrogen and oxygen atoms in total. The first-order valence-electron chi connectivity index (χ1n) is 9.16. The Bertz CT molecular complexity index is 589. The number of amides is 1. The summed E-state index contributed by atoms with van der Waals surface area (Å²) in [5, 5.41) is 6.85. The molecule has 1 N–H and O–H groups in total. The van der Waals surface area contributed by atoms with E-state index in [-0.39, 0.29) is 24.8 Å². The molecule has 0 radical (unpaired) electrons. The third kappa shape index (κ3) is 4.15. The van der Waals surface area contributed by atoms with Gasteiger partial charge in [-0.25, -0.2) is 4.98 Å². The standard InChI is InChI=1S/C18H27N3OS.2ClH/c1-2-14-12-23-16(20-14)13-4-3-9-21(11-13)17(22)15-10-18(15)5-7-19-8-6-18;;/h12-13,15,19H,2-11H2,1H3;2*1H. The van der Waals surface area contributed by atoms with Crippen molar-refractivity contribution in [3.8, 4) is 0 Å². The van der Waals surface area contributed by atoms with E-state index in [9.17, 15) is 4.79 Å². The number of carbonyl (C=O) groups is 1. The number of likely N-dealkylation sites (tertiary alicyclic amines) is 1. The van der Waals surface area contributed by atoms with Gasteiger partial charge in [0.2, 0.25) is 5.91 Å². The van der Waals surface area contributed by atoms with Crippen molar-refractivity contribution < 1.29 is 4.79 Å². The highest BCUT2D eigenvalue weighted by molar-refractivity contribution is 7.09. The van der Waals surface area contributed by atoms with E-state index in [0.717, 1.165) is 45.4 Å². The van der Waals surface area contributed by atoms with Crippen molar-refractivity contribution in [2.24, 2.45) is 11.3 Å². The van der Waals surface area contributed by atoms with Crippen LogP contribution in [0.1, 0.15) is 55.6 Å². The van der Waals surface area contributed by atoms with E-state index in [0.29, 0.717) is 23.2 Å². The lowest BCUT2D eigenvalue weighted by Gasteiger charge is -2.33. The van der Waals surface area contributed by atoms with Gasteiger partial charge in [0.05, 0.1) is 10.7 Å². The first-order valence-corrected chi connectivity index (χ1v) is 10.0. The van der Waals surface area contributed by atoms with Gasteiger partial charge in [-0.05, 0) is 57.0 Å². The van der Waals surface area contributed by atoms with Crippen LogP contribution in [0.4, 0.5) is 0 Å². The summed E-state index contributed by atoms with van der Waals surface area (Å²) in [4.78, 5) is 19.9.